The molecule has 0 saturated carbocycles. The van der Waals surface area contributed by atoms with Crippen LogP contribution in [0.1, 0.15) is 29.9 Å². The maximum atomic E-state index is 6.38. The Balaban J connectivity index is 2.22. The molecule has 0 fully saturated rings. The molecule has 0 aliphatic rings. The summed E-state index contributed by atoms with van der Waals surface area (Å²) in [5, 5.41) is 4.47. The fraction of sp³-hybridized carbons (Fsp3) is 0.400. The number of nitrogens with zero attached hydrogens (tertiary/aromatic N) is 2. The predicted octanol–water partition coefficient (Wildman–Crippen LogP) is 3.18. The van der Waals surface area contributed by atoms with Gasteiger partial charge in [-0.2, -0.15) is 5.10 Å². The molecule has 2 rings (SSSR count). The highest BCUT2D eigenvalue weighted by molar-refractivity contribution is 7.98. The lowest BCUT2D eigenvalue weighted by molar-refractivity contribution is 0.584. The van der Waals surface area contributed by atoms with Crippen molar-refractivity contribution in [3.8, 4) is 0 Å². The van der Waals surface area contributed by atoms with Crippen LogP contribution in [0.2, 0.25) is 0 Å². The predicted molar refractivity (Wildman–Crippen MR) is 81.5 cm³/mol. The highest BCUT2D eigenvalue weighted by Gasteiger charge is 2.14. The minimum atomic E-state index is 0.0186. The van der Waals surface area contributed by atoms with Gasteiger partial charge in [-0.3, -0.25) is 4.68 Å². The highest BCUT2D eigenvalue weighted by atomic mass is 32.2. The molecule has 0 aliphatic heterocycles. The van der Waals surface area contributed by atoms with Crippen LogP contribution in [0.3, 0.4) is 0 Å². The molecule has 1 atom stereocenters. The van der Waals surface area contributed by atoms with E-state index in [1.54, 1.807) is 11.8 Å². The lowest BCUT2D eigenvalue weighted by Crippen LogP contribution is -2.16. The van der Waals surface area contributed by atoms with Crippen LogP contribution in [0.5, 0.6) is 0 Å². The van der Waals surface area contributed by atoms with Gasteiger partial charge in [-0.1, -0.05) is 18.2 Å². The summed E-state index contributed by atoms with van der Waals surface area (Å²) in [6, 6.07) is 10.5. The van der Waals surface area contributed by atoms with Crippen LogP contribution in [0.4, 0.5) is 0 Å². The smallest absolute Gasteiger partial charge is 0.0596 e. The Kier molecular flexibility index (Phi) is 4.66. The van der Waals surface area contributed by atoms with Gasteiger partial charge < -0.3 is 5.73 Å². The Morgan fingerprint density at radius 3 is 2.79 bits per heavy atom. The van der Waals surface area contributed by atoms with Gasteiger partial charge in [-0.15, -0.1) is 11.8 Å². The first kappa shape index (κ1) is 14.2. The lowest BCUT2D eigenvalue weighted by atomic mass is 10.0. The molecule has 0 spiro atoms. The van der Waals surface area contributed by atoms with E-state index in [9.17, 15) is 0 Å². The third-order valence-electron chi connectivity index (χ3n) is 3.25. The summed E-state index contributed by atoms with van der Waals surface area (Å²) in [5.41, 5.74) is 9.87. The Morgan fingerprint density at radius 2 is 2.11 bits per heavy atom. The van der Waals surface area contributed by atoms with E-state index in [-0.39, 0.29) is 6.04 Å². The summed E-state index contributed by atoms with van der Waals surface area (Å²) in [5.74, 6) is 0. The topological polar surface area (TPSA) is 43.8 Å². The molecular formula is C15H21N3S. The summed E-state index contributed by atoms with van der Waals surface area (Å²) in [7, 11) is 0. The minimum absolute atomic E-state index is 0.0186. The molecule has 1 heterocycles. The normalized spacial score (nSPS) is 12.6. The summed E-state index contributed by atoms with van der Waals surface area (Å²) in [6.45, 7) is 5.02. The van der Waals surface area contributed by atoms with Crippen molar-refractivity contribution in [1.29, 1.82) is 0 Å². The number of hydrogen-bond acceptors (Lipinski definition) is 3. The monoisotopic (exact) mass is 275 g/mol. The summed E-state index contributed by atoms with van der Waals surface area (Å²) in [4.78, 5) is 1.26. The van der Waals surface area contributed by atoms with Crippen LogP contribution in [-0.2, 0) is 13.0 Å². The van der Waals surface area contributed by atoms with Gasteiger partial charge in [0.2, 0.25) is 0 Å². The van der Waals surface area contributed by atoms with E-state index in [0.717, 1.165) is 18.7 Å². The molecule has 0 amide bonds. The quantitative estimate of drug-likeness (QED) is 0.852. The molecule has 1 aromatic carbocycles. The van der Waals surface area contributed by atoms with E-state index < -0.39 is 0 Å². The average Bonchev–Trinajstić information content (AvgIpc) is 2.78. The Bertz CT molecular complexity index is 548. The second-order valence-corrected chi connectivity index (χ2v) is 5.49. The van der Waals surface area contributed by atoms with Gasteiger partial charge in [0.25, 0.3) is 0 Å². The summed E-state index contributed by atoms with van der Waals surface area (Å²) < 4.78 is 2.04. The third kappa shape index (κ3) is 3.19. The Morgan fingerprint density at radius 1 is 1.37 bits per heavy atom. The van der Waals surface area contributed by atoms with E-state index in [2.05, 4.69) is 48.6 Å². The molecule has 3 nitrogen and oxygen atoms in total. The number of benzene rings is 1. The molecule has 102 valence electrons. The van der Waals surface area contributed by atoms with Crippen molar-refractivity contribution in [2.45, 2.75) is 37.8 Å². The van der Waals surface area contributed by atoms with Gasteiger partial charge >= 0.3 is 0 Å². The van der Waals surface area contributed by atoms with E-state index in [1.165, 1.54) is 16.2 Å². The van der Waals surface area contributed by atoms with Gasteiger partial charge in [0.15, 0.2) is 0 Å². The van der Waals surface area contributed by atoms with Gasteiger partial charge in [0.05, 0.1) is 5.69 Å². The van der Waals surface area contributed by atoms with Crippen molar-refractivity contribution in [2.24, 2.45) is 5.73 Å². The Labute approximate surface area is 119 Å². The van der Waals surface area contributed by atoms with Crippen LogP contribution in [-0.4, -0.2) is 16.0 Å². The number of aromatic nitrogens is 2. The zero-order valence-electron chi connectivity index (χ0n) is 11.8. The lowest BCUT2D eigenvalue weighted by Gasteiger charge is -2.16. The highest BCUT2D eigenvalue weighted by Crippen LogP contribution is 2.26. The van der Waals surface area contributed by atoms with Crippen molar-refractivity contribution >= 4 is 11.8 Å². The number of nitrogens with two attached hydrogens (primary N) is 1. The second-order valence-electron chi connectivity index (χ2n) is 4.65. The van der Waals surface area contributed by atoms with Gasteiger partial charge in [0, 0.05) is 29.6 Å². The van der Waals surface area contributed by atoms with Crippen LogP contribution < -0.4 is 5.73 Å². The zero-order valence-corrected chi connectivity index (χ0v) is 12.6. The second kappa shape index (κ2) is 6.26. The van der Waals surface area contributed by atoms with Gasteiger partial charge in [-0.05, 0) is 37.8 Å². The molecule has 2 N–H and O–H groups in total. The van der Waals surface area contributed by atoms with E-state index in [4.69, 9.17) is 5.73 Å². The molecule has 19 heavy (non-hydrogen) atoms. The Hall–Kier alpha value is -1.26. The van der Waals surface area contributed by atoms with E-state index >= 15 is 0 Å². The first-order valence-electron chi connectivity index (χ1n) is 6.57. The minimum Gasteiger partial charge on any atom is -0.324 e. The average molecular weight is 275 g/mol. The fourth-order valence-corrected chi connectivity index (χ4v) is 3.02. The van der Waals surface area contributed by atoms with Crippen molar-refractivity contribution in [1.82, 2.24) is 9.78 Å². The molecule has 4 heteroatoms. The largest absolute Gasteiger partial charge is 0.324 e. The molecule has 0 bridgehead atoms. The SMILES string of the molecule is CCn1nc(C)cc1CC(N)c1ccccc1SC. The number of rotatable bonds is 5. The van der Waals surface area contributed by atoms with Gasteiger partial charge in [0.1, 0.15) is 0 Å². The van der Waals surface area contributed by atoms with E-state index in [1.807, 2.05) is 11.6 Å². The molecular weight excluding hydrogens is 254 g/mol. The third-order valence-corrected chi connectivity index (χ3v) is 4.06. The molecule has 0 radical (unpaired) electrons. The zero-order chi connectivity index (χ0) is 13.8. The maximum Gasteiger partial charge on any atom is 0.0596 e. The standard InChI is InChI=1S/C15H21N3S/c1-4-18-12(9-11(2)17-18)10-14(16)13-7-5-6-8-15(13)19-3/h5-9,14H,4,10,16H2,1-3H3. The number of aryl methyl sites for hydroxylation is 2. The van der Waals surface area contributed by atoms with Crippen LogP contribution in [0, 0.1) is 6.92 Å². The molecule has 2 aromatic rings. The first-order chi connectivity index (χ1) is 9.15. The van der Waals surface area contributed by atoms with E-state index in [0.29, 0.717) is 0 Å². The molecule has 0 saturated heterocycles. The van der Waals surface area contributed by atoms with Crippen molar-refractivity contribution in [3.63, 3.8) is 0 Å². The van der Waals surface area contributed by atoms with Gasteiger partial charge in [-0.25, -0.2) is 0 Å². The maximum absolute atomic E-state index is 6.38. The number of thioether (sulfide) groups is 1. The van der Waals surface area contributed by atoms with Crippen LogP contribution in [0.25, 0.3) is 0 Å². The van der Waals surface area contributed by atoms with Crippen molar-refractivity contribution in [3.05, 3.63) is 47.3 Å². The van der Waals surface area contributed by atoms with Crippen LogP contribution >= 0.6 is 11.8 Å². The molecule has 0 aliphatic carbocycles. The summed E-state index contributed by atoms with van der Waals surface area (Å²) in [6.07, 6.45) is 2.91. The fourth-order valence-electron chi connectivity index (χ4n) is 2.35. The van der Waals surface area contributed by atoms with Crippen molar-refractivity contribution in [2.75, 3.05) is 6.26 Å². The number of hydrogen-bond donors (Lipinski definition) is 1. The molecule has 1 aromatic heterocycles. The summed E-state index contributed by atoms with van der Waals surface area (Å²) >= 11 is 1.75. The molecule has 1 unspecified atom stereocenters. The van der Waals surface area contributed by atoms with Crippen molar-refractivity contribution < 1.29 is 0 Å². The first-order valence-corrected chi connectivity index (χ1v) is 7.80. The van der Waals surface area contributed by atoms with Crippen LogP contribution in [0.15, 0.2) is 35.2 Å².